The van der Waals surface area contributed by atoms with Crippen molar-refractivity contribution in [2.24, 2.45) is 0 Å². The molecule has 0 aliphatic heterocycles. The van der Waals surface area contributed by atoms with Crippen LogP contribution in [0.25, 0.3) is 10.9 Å². The number of H-pyrrole nitrogens is 1. The number of nitrogens with one attached hydrogen (secondary N) is 2. The number of hydrogen-bond donors (Lipinski definition) is 2. The molecule has 0 saturated carbocycles. The maximum absolute atomic E-state index is 4.33. The van der Waals surface area contributed by atoms with Crippen molar-refractivity contribution in [1.29, 1.82) is 0 Å². The summed E-state index contributed by atoms with van der Waals surface area (Å²) >= 11 is 3.38. The summed E-state index contributed by atoms with van der Waals surface area (Å²) in [5, 5.41) is 4.54. The monoisotopic (exact) mass is 301 g/mol. The van der Waals surface area contributed by atoms with E-state index in [-0.39, 0.29) is 0 Å². The Labute approximate surface area is 113 Å². The van der Waals surface area contributed by atoms with Crippen LogP contribution in [0, 0.1) is 6.92 Å². The summed E-state index contributed by atoms with van der Waals surface area (Å²) in [7, 11) is 0. The molecule has 0 aliphatic rings. The number of aromatic nitrogens is 2. The number of rotatable bonds is 2. The Morgan fingerprint density at radius 2 is 2.00 bits per heavy atom. The fourth-order valence-corrected chi connectivity index (χ4v) is 2.25. The number of aryl methyl sites for hydroxylation is 1. The van der Waals surface area contributed by atoms with E-state index in [0.717, 1.165) is 27.2 Å². The Hall–Kier alpha value is -1.81. The number of fused-ring (bicyclic) bond motifs is 1. The minimum absolute atomic E-state index is 0.839. The maximum atomic E-state index is 4.33. The van der Waals surface area contributed by atoms with Gasteiger partial charge in [-0.1, -0.05) is 18.2 Å². The van der Waals surface area contributed by atoms with Crippen molar-refractivity contribution in [3.8, 4) is 0 Å². The molecular formula is C14H12BrN3. The minimum atomic E-state index is 0.839. The van der Waals surface area contributed by atoms with Gasteiger partial charge >= 0.3 is 0 Å². The van der Waals surface area contributed by atoms with E-state index in [0.29, 0.717) is 0 Å². The Balaban J connectivity index is 2.04. The van der Waals surface area contributed by atoms with E-state index in [1.807, 2.05) is 24.3 Å². The lowest BCUT2D eigenvalue weighted by molar-refractivity contribution is 1.26. The third-order valence-corrected chi connectivity index (χ3v) is 3.34. The molecular weight excluding hydrogens is 290 g/mol. The molecule has 4 heteroatoms. The molecule has 0 radical (unpaired) electrons. The highest BCUT2D eigenvalue weighted by atomic mass is 79.9. The molecule has 18 heavy (non-hydrogen) atoms. The van der Waals surface area contributed by atoms with Gasteiger partial charge in [-0.2, -0.15) is 0 Å². The zero-order valence-electron chi connectivity index (χ0n) is 9.87. The van der Waals surface area contributed by atoms with Crippen molar-refractivity contribution in [3.05, 3.63) is 52.8 Å². The van der Waals surface area contributed by atoms with Crippen LogP contribution >= 0.6 is 15.9 Å². The minimum Gasteiger partial charge on any atom is -0.357 e. The Morgan fingerprint density at radius 1 is 1.17 bits per heavy atom. The van der Waals surface area contributed by atoms with Gasteiger partial charge in [0.25, 0.3) is 0 Å². The number of aromatic amines is 1. The van der Waals surface area contributed by atoms with Crippen LogP contribution in [0.5, 0.6) is 0 Å². The quantitative estimate of drug-likeness (QED) is 0.737. The van der Waals surface area contributed by atoms with Gasteiger partial charge in [0, 0.05) is 27.3 Å². The van der Waals surface area contributed by atoms with E-state index in [1.165, 1.54) is 5.39 Å². The summed E-state index contributed by atoms with van der Waals surface area (Å²) in [4.78, 5) is 7.69. The molecule has 0 amide bonds. The van der Waals surface area contributed by atoms with Gasteiger partial charge < -0.3 is 10.3 Å². The molecule has 2 heterocycles. The normalized spacial score (nSPS) is 10.8. The number of benzene rings is 1. The second kappa shape index (κ2) is 4.46. The first-order valence-electron chi connectivity index (χ1n) is 5.70. The van der Waals surface area contributed by atoms with E-state index >= 15 is 0 Å². The number of anilines is 2. The van der Waals surface area contributed by atoms with Crippen molar-refractivity contribution < 1.29 is 0 Å². The second-order valence-electron chi connectivity index (χ2n) is 4.16. The van der Waals surface area contributed by atoms with Gasteiger partial charge in [0.15, 0.2) is 0 Å². The summed E-state index contributed by atoms with van der Waals surface area (Å²) < 4.78 is 0.976. The standard InChI is InChI=1S/C14H12BrN3/c1-9-14(11-4-2-3-5-12(11)17-9)18-13-7-6-10(15)8-16-13/h2-8,17H,1H3,(H,16,18). The molecule has 0 bridgehead atoms. The van der Waals surface area contributed by atoms with E-state index in [4.69, 9.17) is 0 Å². The van der Waals surface area contributed by atoms with Crippen LogP contribution in [0.1, 0.15) is 5.69 Å². The molecule has 90 valence electrons. The highest BCUT2D eigenvalue weighted by molar-refractivity contribution is 9.10. The van der Waals surface area contributed by atoms with Crippen LogP contribution in [0.3, 0.4) is 0 Å². The lowest BCUT2D eigenvalue weighted by Crippen LogP contribution is -1.93. The summed E-state index contributed by atoms with van der Waals surface area (Å²) in [6.07, 6.45) is 1.78. The Bertz CT molecular complexity index is 686. The summed E-state index contributed by atoms with van der Waals surface area (Å²) in [6, 6.07) is 12.2. The van der Waals surface area contributed by atoms with E-state index < -0.39 is 0 Å². The number of hydrogen-bond acceptors (Lipinski definition) is 2. The van der Waals surface area contributed by atoms with Crippen LogP contribution in [0.4, 0.5) is 11.5 Å². The topological polar surface area (TPSA) is 40.7 Å². The molecule has 3 nitrogen and oxygen atoms in total. The Kier molecular flexibility index (Phi) is 2.80. The summed E-state index contributed by atoms with van der Waals surface area (Å²) in [5.74, 6) is 0.839. The zero-order valence-corrected chi connectivity index (χ0v) is 11.5. The molecule has 0 atom stereocenters. The smallest absolute Gasteiger partial charge is 0.130 e. The molecule has 2 aromatic heterocycles. The fraction of sp³-hybridized carbons (Fsp3) is 0.0714. The molecule has 0 saturated heterocycles. The number of halogens is 1. The lowest BCUT2D eigenvalue weighted by atomic mass is 10.2. The lowest BCUT2D eigenvalue weighted by Gasteiger charge is -2.05. The van der Waals surface area contributed by atoms with E-state index in [9.17, 15) is 0 Å². The van der Waals surface area contributed by atoms with Crippen LogP contribution in [-0.2, 0) is 0 Å². The van der Waals surface area contributed by atoms with Crippen molar-refractivity contribution >= 4 is 38.3 Å². The van der Waals surface area contributed by atoms with Gasteiger partial charge in [-0.25, -0.2) is 4.98 Å². The highest BCUT2D eigenvalue weighted by Crippen LogP contribution is 2.29. The molecule has 3 aromatic rings. The van der Waals surface area contributed by atoms with Gasteiger partial charge in [0.05, 0.1) is 5.69 Å². The second-order valence-corrected chi connectivity index (χ2v) is 5.07. The third kappa shape index (κ3) is 1.99. The van der Waals surface area contributed by atoms with Crippen LogP contribution in [0.2, 0.25) is 0 Å². The SMILES string of the molecule is Cc1[nH]c2ccccc2c1Nc1ccc(Br)cn1. The van der Waals surface area contributed by atoms with Crippen molar-refractivity contribution in [3.63, 3.8) is 0 Å². The van der Waals surface area contributed by atoms with E-state index in [1.54, 1.807) is 6.20 Å². The number of para-hydroxylation sites is 1. The van der Waals surface area contributed by atoms with Crippen molar-refractivity contribution in [2.45, 2.75) is 6.92 Å². The molecule has 0 unspecified atom stereocenters. The summed E-state index contributed by atoms with van der Waals surface area (Å²) in [5.41, 5.74) is 3.33. The summed E-state index contributed by atoms with van der Waals surface area (Å²) in [6.45, 7) is 2.06. The molecule has 0 aliphatic carbocycles. The van der Waals surface area contributed by atoms with Crippen molar-refractivity contribution in [1.82, 2.24) is 9.97 Å². The van der Waals surface area contributed by atoms with Gasteiger partial charge in [-0.3, -0.25) is 0 Å². The largest absolute Gasteiger partial charge is 0.357 e. The predicted molar refractivity (Wildman–Crippen MR) is 78.3 cm³/mol. The average molecular weight is 302 g/mol. The van der Waals surface area contributed by atoms with Gasteiger partial charge in [-0.05, 0) is 41.1 Å². The maximum Gasteiger partial charge on any atom is 0.130 e. The van der Waals surface area contributed by atoms with Gasteiger partial charge in [0.2, 0.25) is 0 Å². The third-order valence-electron chi connectivity index (χ3n) is 2.87. The van der Waals surface area contributed by atoms with Crippen LogP contribution < -0.4 is 5.32 Å². The molecule has 0 fully saturated rings. The molecule has 0 spiro atoms. The molecule has 2 N–H and O–H groups in total. The van der Waals surface area contributed by atoms with Crippen LogP contribution in [-0.4, -0.2) is 9.97 Å². The first kappa shape index (κ1) is 11.3. The fourth-order valence-electron chi connectivity index (χ4n) is 2.02. The Morgan fingerprint density at radius 3 is 2.78 bits per heavy atom. The van der Waals surface area contributed by atoms with Gasteiger partial charge in [-0.15, -0.1) is 0 Å². The number of nitrogens with zero attached hydrogens (tertiary/aromatic N) is 1. The molecule has 3 rings (SSSR count). The van der Waals surface area contributed by atoms with E-state index in [2.05, 4.69) is 50.3 Å². The predicted octanol–water partition coefficient (Wildman–Crippen LogP) is 4.38. The zero-order chi connectivity index (χ0) is 12.5. The highest BCUT2D eigenvalue weighted by Gasteiger charge is 2.08. The molecule has 1 aromatic carbocycles. The van der Waals surface area contributed by atoms with Crippen molar-refractivity contribution in [2.75, 3.05) is 5.32 Å². The first-order valence-corrected chi connectivity index (χ1v) is 6.49. The number of pyridine rings is 1. The first-order chi connectivity index (χ1) is 8.74. The van der Waals surface area contributed by atoms with Gasteiger partial charge in [0.1, 0.15) is 5.82 Å². The average Bonchev–Trinajstić information content (AvgIpc) is 2.69. The van der Waals surface area contributed by atoms with Crippen LogP contribution in [0.15, 0.2) is 47.1 Å².